The first kappa shape index (κ1) is 14.1. The van der Waals surface area contributed by atoms with Gasteiger partial charge < -0.3 is 4.74 Å². The fourth-order valence-corrected chi connectivity index (χ4v) is 4.62. The van der Waals surface area contributed by atoms with Crippen molar-refractivity contribution in [3.8, 4) is 5.75 Å². The summed E-state index contributed by atoms with van der Waals surface area (Å²) in [5.74, 6) is 0.923. The summed E-state index contributed by atoms with van der Waals surface area (Å²) in [6.45, 7) is 6.74. The van der Waals surface area contributed by atoms with Gasteiger partial charge in [0.2, 0.25) is 0 Å². The van der Waals surface area contributed by atoms with Crippen molar-refractivity contribution in [2.24, 2.45) is 0 Å². The molecule has 1 unspecified atom stereocenters. The van der Waals surface area contributed by atoms with Gasteiger partial charge >= 0.3 is 0 Å². The molecule has 0 heterocycles. The molecule has 0 amide bonds. The molecule has 0 bridgehead atoms. The average molecular weight is 272 g/mol. The Morgan fingerprint density at radius 1 is 0.842 bits per heavy atom. The third-order valence-electron chi connectivity index (χ3n) is 3.18. The highest BCUT2D eigenvalue weighted by Crippen LogP contribution is 2.39. The van der Waals surface area contributed by atoms with Gasteiger partial charge in [0.25, 0.3) is 0 Å². The van der Waals surface area contributed by atoms with Gasteiger partial charge in [0.05, 0.1) is 7.11 Å². The van der Waals surface area contributed by atoms with Crippen molar-refractivity contribution < 1.29 is 4.74 Å². The maximum absolute atomic E-state index is 5.24. The Morgan fingerprint density at radius 2 is 1.32 bits per heavy atom. The van der Waals surface area contributed by atoms with Crippen LogP contribution in [0.15, 0.2) is 48.5 Å². The van der Waals surface area contributed by atoms with E-state index in [0.717, 1.165) is 5.75 Å². The maximum atomic E-state index is 5.24. The standard InChI is InChI=1S/C17H21OP/c1-13(2)19(16-9-5-14(3)6-10-16)17-11-7-15(18-4)8-12-17/h5-13H,1-4H3. The zero-order valence-electron chi connectivity index (χ0n) is 12.1. The van der Waals surface area contributed by atoms with Crippen molar-refractivity contribution in [1.29, 1.82) is 0 Å². The van der Waals surface area contributed by atoms with Gasteiger partial charge in [-0.1, -0.05) is 55.8 Å². The number of hydrogen-bond acceptors (Lipinski definition) is 1. The molecule has 1 atom stereocenters. The SMILES string of the molecule is COc1ccc(P(c2ccc(C)cc2)C(C)C)cc1. The molecule has 0 radical (unpaired) electrons. The van der Waals surface area contributed by atoms with Gasteiger partial charge in [0, 0.05) is 0 Å². The number of ether oxygens (including phenoxy) is 1. The first-order chi connectivity index (χ1) is 9.11. The molecule has 0 saturated carbocycles. The molecule has 0 aromatic heterocycles. The van der Waals surface area contributed by atoms with Crippen molar-refractivity contribution in [3.63, 3.8) is 0 Å². The molecule has 2 rings (SSSR count). The van der Waals surface area contributed by atoms with Crippen LogP contribution in [0.5, 0.6) is 5.75 Å². The van der Waals surface area contributed by atoms with Crippen LogP contribution in [-0.4, -0.2) is 12.8 Å². The van der Waals surface area contributed by atoms with Gasteiger partial charge in [0.1, 0.15) is 5.75 Å². The average Bonchev–Trinajstić information content (AvgIpc) is 2.42. The van der Waals surface area contributed by atoms with E-state index in [-0.39, 0.29) is 7.92 Å². The van der Waals surface area contributed by atoms with Crippen molar-refractivity contribution >= 4 is 18.5 Å². The lowest BCUT2D eigenvalue weighted by Crippen LogP contribution is -2.17. The van der Waals surface area contributed by atoms with Crippen molar-refractivity contribution in [3.05, 3.63) is 54.1 Å². The fourth-order valence-electron chi connectivity index (χ4n) is 2.19. The van der Waals surface area contributed by atoms with E-state index in [1.165, 1.54) is 16.2 Å². The molecule has 0 spiro atoms. The summed E-state index contributed by atoms with van der Waals surface area (Å²) in [6, 6.07) is 17.5. The largest absolute Gasteiger partial charge is 0.497 e. The van der Waals surface area contributed by atoms with Gasteiger partial charge in [-0.15, -0.1) is 0 Å². The first-order valence-electron chi connectivity index (χ1n) is 6.62. The number of methoxy groups -OCH3 is 1. The normalized spacial score (nSPS) is 12.5. The van der Waals surface area contributed by atoms with Crippen molar-refractivity contribution in [2.75, 3.05) is 7.11 Å². The number of rotatable bonds is 4. The van der Waals surface area contributed by atoms with Gasteiger partial charge in [-0.25, -0.2) is 0 Å². The molecular weight excluding hydrogens is 251 g/mol. The predicted molar refractivity (Wildman–Crippen MR) is 85.5 cm³/mol. The molecule has 0 aliphatic carbocycles. The Bertz CT molecular complexity index is 514. The molecule has 2 aromatic rings. The Morgan fingerprint density at radius 3 is 1.74 bits per heavy atom. The highest BCUT2D eigenvalue weighted by atomic mass is 31.1. The lowest BCUT2D eigenvalue weighted by atomic mass is 10.2. The quantitative estimate of drug-likeness (QED) is 0.768. The minimum Gasteiger partial charge on any atom is -0.497 e. The zero-order chi connectivity index (χ0) is 13.8. The second kappa shape index (κ2) is 6.21. The van der Waals surface area contributed by atoms with Crippen LogP contribution in [0.2, 0.25) is 0 Å². The van der Waals surface area contributed by atoms with E-state index in [1.54, 1.807) is 7.11 Å². The highest BCUT2D eigenvalue weighted by Gasteiger charge is 2.17. The Labute approximate surface area is 117 Å². The molecule has 19 heavy (non-hydrogen) atoms. The Kier molecular flexibility index (Phi) is 4.61. The van der Waals surface area contributed by atoms with Crippen molar-refractivity contribution in [2.45, 2.75) is 26.4 Å². The van der Waals surface area contributed by atoms with Gasteiger partial charge in [-0.2, -0.15) is 0 Å². The Hall–Kier alpha value is -1.33. The van der Waals surface area contributed by atoms with Crippen LogP contribution in [0.3, 0.4) is 0 Å². The molecule has 0 aliphatic heterocycles. The molecule has 0 N–H and O–H groups in total. The summed E-state index contributed by atoms with van der Waals surface area (Å²) in [5, 5.41) is 2.86. The number of hydrogen-bond donors (Lipinski definition) is 0. The summed E-state index contributed by atoms with van der Waals surface area (Å²) in [6.07, 6.45) is 0. The summed E-state index contributed by atoms with van der Waals surface area (Å²) in [7, 11) is 1.41. The Balaban J connectivity index is 2.36. The third kappa shape index (κ3) is 3.36. The smallest absolute Gasteiger partial charge is 0.118 e. The number of aryl methyl sites for hydroxylation is 1. The van der Waals surface area contributed by atoms with E-state index >= 15 is 0 Å². The second-order valence-corrected chi connectivity index (χ2v) is 7.80. The summed E-state index contributed by atoms with van der Waals surface area (Å²) in [5.41, 5.74) is 1.95. The monoisotopic (exact) mass is 272 g/mol. The summed E-state index contributed by atoms with van der Waals surface area (Å²) in [4.78, 5) is 0. The molecule has 100 valence electrons. The first-order valence-corrected chi connectivity index (χ1v) is 8.03. The topological polar surface area (TPSA) is 9.23 Å². The lowest BCUT2D eigenvalue weighted by Gasteiger charge is -2.23. The van der Waals surface area contributed by atoms with E-state index in [0.29, 0.717) is 5.66 Å². The molecule has 0 saturated heterocycles. The van der Waals surface area contributed by atoms with Crippen LogP contribution in [-0.2, 0) is 0 Å². The second-order valence-electron chi connectivity index (χ2n) is 5.00. The van der Waals surface area contributed by atoms with Crippen LogP contribution >= 0.6 is 7.92 Å². The van der Waals surface area contributed by atoms with Crippen molar-refractivity contribution in [1.82, 2.24) is 0 Å². The summed E-state index contributed by atoms with van der Waals surface area (Å²) >= 11 is 0. The van der Waals surface area contributed by atoms with Crippen LogP contribution in [0.1, 0.15) is 19.4 Å². The predicted octanol–water partition coefficient (Wildman–Crippen LogP) is 3.84. The van der Waals surface area contributed by atoms with E-state index in [4.69, 9.17) is 4.74 Å². The molecular formula is C17H21OP. The van der Waals surface area contributed by atoms with Crippen LogP contribution in [0.4, 0.5) is 0 Å². The molecule has 0 fully saturated rings. The molecule has 1 nitrogen and oxygen atoms in total. The van der Waals surface area contributed by atoms with E-state index in [9.17, 15) is 0 Å². The minimum absolute atomic E-state index is 0.295. The number of benzene rings is 2. The van der Waals surface area contributed by atoms with Gasteiger partial charge in [-0.05, 0) is 43.2 Å². The highest BCUT2D eigenvalue weighted by molar-refractivity contribution is 7.73. The maximum Gasteiger partial charge on any atom is 0.118 e. The fraction of sp³-hybridized carbons (Fsp3) is 0.294. The lowest BCUT2D eigenvalue weighted by molar-refractivity contribution is 0.415. The third-order valence-corrected chi connectivity index (χ3v) is 5.92. The summed E-state index contributed by atoms with van der Waals surface area (Å²) < 4.78 is 5.24. The van der Waals surface area contributed by atoms with Gasteiger partial charge in [0.15, 0.2) is 0 Å². The zero-order valence-corrected chi connectivity index (χ0v) is 12.9. The minimum atomic E-state index is -0.295. The molecule has 2 heteroatoms. The van der Waals surface area contributed by atoms with Crippen LogP contribution in [0, 0.1) is 6.92 Å². The van der Waals surface area contributed by atoms with E-state index in [2.05, 4.69) is 69.3 Å². The van der Waals surface area contributed by atoms with E-state index in [1.807, 2.05) is 0 Å². The van der Waals surface area contributed by atoms with Crippen LogP contribution in [0.25, 0.3) is 0 Å². The van der Waals surface area contributed by atoms with E-state index < -0.39 is 0 Å². The van der Waals surface area contributed by atoms with Gasteiger partial charge in [-0.3, -0.25) is 0 Å². The molecule has 0 aliphatic rings. The van der Waals surface area contributed by atoms with Crippen LogP contribution < -0.4 is 15.3 Å². The molecule has 2 aromatic carbocycles.